The van der Waals surface area contributed by atoms with E-state index in [0.29, 0.717) is 23.9 Å². The number of hydrogen-bond acceptors (Lipinski definition) is 6. The highest BCUT2D eigenvalue weighted by atomic mass is 35.5. The molecule has 1 fully saturated rings. The molecule has 0 saturated carbocycles. The van der Waals surface area contributed by atoms with Crippen LogP contribution in [0.1, 0.15) is 39.4 Å². The van der Waals surface area contributed by atoms with Gasteiger partial charge in [-0.05, 0) is 57.2 Å². The largest absolute Gasteiger partial charge is 0.382 e. The molecule has 0 radical (unpaired) electrons. The summed E-state index contributed by atoms with van der Waals surface area (Å²) < 4.78 is 0. The summed E-state index contributed by atoms with van der Waals surface area (Å²) in [4.78, 5) is 26.4. The van der Waals surface area contributed by atoms with Crippen LogP contribution in [0.5, 0.6) is 0 Å². The number of carbonyl (C=O) groups excluding carboxylic acids is 1. The number of nitrogens with one attached hydrogen (secondary N) is 1. The van der Waals surface area contributed by atoms with Crippen LogP contribution in [0, 0.1) is 5.92 Å². The summed E-state index contributed by atoms with van der Waals surface area (Å²) in [6, 6.07) is 5.62. The standard InChI is InChI=1S/C24H29ClN6O2/c1-14(16-5-4-8-31(13-16)23(26)32)30-21-18-9-15(6-7-20(18)27-12-19(21)25)17-10-28-22(29-11-17)24(2,3)33/h6-7,9-12,14,16,33H,4-5,8,13H2,1-3H3,(H2,26,32)(H,27,30)/t14-,16-/m0/s1. The molecule has 33 heavy (non-hydrogen) atoms. The van der Waals surface area contributed by atoms with Gasteiger partial charge in [-0.2, -0.15) is 0 Å². The van der Waals surface area contributed by atoms with Gasteiger partial charge in [0.25, 0.3) is 0 Å². The van der Waals surface area contributed by atoms with E-state index >= 15 is 0 Å². The number of likely N-dealkylation sites (tertiary alicyclic amines) is 1. The number of halogens is 1. The summed E-state index contributed by atoms with van der Waals surface area (Å²) in [5.41, 5.74) is 7.76. The molecule has 2 atom stereocenters. The Morgan fingerprint density at radius 3 is 2.64 bits per heavy atom. The molecule has 2 aromatic heterocycles. The maximum absolute atomic E-state index is 11.6. The zero-order valence-electron chi connectivity index (χ0n) is 19.0. The molecule has 8 nitrogen and oxygen atoms in total. The van der Waals surface area contributed by atoms with Crippen LogP contribution in [0.15, 0.2) is 36.8 Å². The fourth-order valence-corrected chi connectivity index (χ4v) is 4.46. The first-order chi connectivity index (χ1) is 15.6. The van der Waals surface area contributed by atoms with Gasteiger partial charge in [-0.15, -0.1) is 0 Å². The van der Waals surface area contributed by atoms with E-state index in [1.165, 1.54) is 0 Å². The van der Waals surface area contributed by atoms with Crippen molar-refractivity contribution in [2.24, 2.45) is 11.7 Å². The minimum atomic E-state index is -1.10. The molecule has 4 rings (SSSR count). The third-order valence-electron chi connectivity index (χ3n) is 6.20. The quantitative estimate of drug-likeness (QED) is 0.517. The molecule has 3 aromatic rings. The first kappa shape index (κ1) is 23.2. The molecule has 3 heterocycles. The number of anilines is 1. The van der Waals surface area contributed by atoms with Crippen LogP contribution in [0.2, 0.25) is 5.02 Å². The lowest BCUT2D eigenvalue weighted by Gasteiger charge is -2.35. The number of piperidine rings is 1. The summed E-state index contributed by atoms with van der Waals surface area (Å²) in [6.07, 6.45) is 6.99. The van der Waals surface area contributed by atoms with Gasteiger partial charge in [0, 0.05) is 48.7 Å². The second kappa shape index (κ2) is 9.11. The Hall–Kier alpha value is -2.97. The minimum absolute atomic E-state index is 0.0771. The van der Waals surface area contributed by atoms with Gasteiger partial charge >= 0.3 is 6.03 Å². The second-order valence-corrected chi connectivity index (χ2v) is 9.59. The number of aliphatic hydroxyl groups is 1. The van der Waals surface area contributed by atoms with Crippen molar-refractivity contribution in [3.8, 4) is 11.1 Å². The number of amides is 2. The average molecular weight is 469 g/mol. The molecule has 1 saturated heterocycles. The monoisotopic (exact) mass is 468 g/mol. The third-order valence-corrected chi connectivity index (χ3v) is 6.49. The number of aromatic nitrogens is 3. The van der Waals surface area contributed by atoms with Crippen LogP contribution >= 0.6 is 11.6 Å². The number of hydrogen-bond donors (Lipinski definition) is 3. The number of primary amides is 1. The van der Waals surface area contributed by atoms with Gasteiger partial charge in [0.2, 0.25) is 0 Å². The Morgan fingerprint density at radius 1 is 1.24 bits per heavy atom. The molecule has 0 unspecified atom stereocenters. The van der Waals surface area contributed by atoms with Crippen molar-refractivity contribution in [2.75, 3.05) is 18.4 Å². The molecule has 0 spiro atoms. The first-order valence-corrected chi connectivity index (χ1v) is 11.5. The van der Waals surface area contributed by atoms with Crippen LogP contribution < -0.4 is 11.1 Å². The Labute approximate surface area is 198 Å². The van der Waals surface area contributed by atoms with Crippen LogP contribution in [-0.2, 0) is 5.60 Å². The van der Waals surface area contributed by atoms with Crippen molar-refractivity contribution < 1.29 is 9.90 Å². The zero-order valence-corrected chi connectivity index (χ0v) is 19.8. The summed E-state index contributed by atoms with van der Waals surface area (Å²) in [6.45, 7) is 6.74. The van der Waals surface area contributed by atoms with E-state index in [4.69, 9.17) is 17.3 Å². The fourth-order valence-electron chi connectivity index (χ4n) is 4.25. The first-order valence-electron chi connectivity index (χ1n) is 11.1. The predicted octanol–water partition coefficient (Wildman–Crippen LogP) is 4.16. The van der Waals surface area contributed by atoms with Crippen LogP contribution in [0.25, 0.3) is 22.0 Å². The predicted molar refractivity (Wildman–Crippen MR) is 130 cm³/mol. The van der Waals surface area contributed by atoms with Gasteiger partial charge in [0.1, 0.15) is 5.60 Å². The normalized spacial score (nSPS) is 17.7. The van der Waals surface area contributed by atoms with E-state index in [1.54, 1.807) is 37.3 Å². The smallest absolute Gasteiger partial charge is 0.314 e. The van der Waals surface area contributed by atoms with Crippen molar-refractivity contribution in [3.63, 3.8) is 0 Å². The molecule has 1 aliphatic heterocycles. The Bertz CT molecular complexity index is 1160. The number of pyridine rings is 1. The van der Waals surface area contributed by atoms with E-state index in [9.17, 15) is 9.90 Å². The molecule has 4 N–H and O–H groups in total. The second-order valence-electron chi connectivity index (χ2n) is 9.19. The number of urea groups is 1. The summed E-state index contributed by atoms with van der Waals surface area (Å²) >= 11 is 6.57. The van der Waals surface area contributed by atoms with Gasteiger partial charge in [0.15, 0.2) is 5.82 Å². The molecule has 1 aromatic carbocycles. The van der Waals surface area contributed by atoms with Crippen molar-refractivity contribution in [1.29, 1.82) is 0 Å². The van der Waals surface area contributed by atoms with Crippen LogP contribution in [-0.4, -0.2) is 50.1 Å². The third kappa shape index (κ3) is 5.02. The summed E-state index contributed by atoms with van der Waals surface area (Å²) in [5, 5.41) is 15.1. The van der Waals surface area contributed by atoms with E-state index in [-0.39, 0.29) is 18.0 Å². The highest BCUT2D eigenvalue weighted by Gasteiger charge is 2.27. The molecule has 0 aliphatic carbocycles. The summed E-state index contributed by atoms with van der Waals surface area (Å²) in [5.74, 6) is 0.627. The van der Waals surface area contributed by atoms with Gasteiger partial charge < -0.3 is 21.1 Å². The molecule has 2 amide bonds. The molecule has 174 valence electrons. The number of fused-ring (bicyclic) bond motifs is 1. The van der Waals surface area contributed by atoms with Gasteiger partial charge in [-0.1, -0.05) is 17.7 Å². The molecule has 0 bridgehead atoms. The highest BCUT2D eigenvalue weighted by Crippen LogP contribution is 2.34. The SMILES string of the molecule is C[C@H](Nc1c(Cl)cnc2ccc(-c3cnc(C(C)(C)O)nc3)cc12)[C@H]1CCCN(C(N)=O)C1. The van der Waals surface area contributed by atoms with E-state index < -0.39 is 5.60 Å². The van der Waals surface area contributed by atoms with E-state index in [1.807, 2.05) is 18.2 Å². The Morgan fingerprint density at radius 2 is 1.97 bits per heavy atom. The fraction of sp³-hybridized carbons (Fsp3) is 0.417. The number of rotatable bonds is 5. The lowest BCUT2D eigenvalue weighted by atomic mass is 9.91. The van der Waals surface area contributed by atoms with Crippen molar-refractivity contribution in [1.82, 2.24) is 19.9 Å². The summed E-state index contributed by atoms with van der Waals surface area (Å²) in [7, 11) is 0. The van der Waals surface area contributed by atoms with Crippen molar-refractivity contribution >= 4 is 34.2 Å². The Kier molecular flexibility index (Phi) is 6.41. The van der Waals surface area contributed by atoms with E-state index in [0.717, 1.165) is 40.6 Å². The maximum Gasteiger partial charge on any atom is 0.314 e. The van der Waals surface area contributed by atoms with Gasteiger partial charge in [-0.3, -0.25) is 4.98 Å². The number of benzene rings is 1. The van der Waals surface area contributed by atoms with Crippen LogP contribution in [0.3, 0.4) is 0 Å². The maximum atomic E-state index is 11.6. The van der Waals surface area contributed by atoms with Crippen molar-refractivity contribution in [2.45, 2.75) is 45.3 Å². The lowest BCUT2D eigenvalue weighted by Crippen LogP contribution is -2.46. The number of carbonyl (C=O) groups is 1. The van der Waals surface area contributed by atoms with Crippen LogP contribution in [0.4, 0.5) is 10.5 Å². The lowest BCUT2D eigenvalue weighted by molar-refractivity contribution is 0.0687. The number of nitrogens with two attached hydrogens (primary N) is 1. The molecular weight excluding hydrogens is 440 g/mol. The van der Waals surface area contributed by atoms with Gasteiger partial charge in [-0.25, -0.2) is 14.8 Å². The molecule has 1 aliphatic rings. The highest BCUT2D eigenvalue weighted by molar-refractivity contribution is 6.34. The molecule has 9 heteroatoms. The van der Waals surface area contributed by atoms with Gasteiger partial charge in [0.05, 0.1) is 16.2 Å². The molecular formula is C24H29ClN6O2. The average Bonchev–Trinajstić information content (AvgIpc) is 2.80. The van der Waals surface area contributed by atoms with E-state index in [2.05, 4.69) is 27.2 Å². The minimum Gasteiger partial charge on any atom is -0.382 e. The number of nitrogens with zero attached hydrogens (tertiary/aromatic N) is 4. The topological polar surface area (TPSA) is 117 Å². The Balaban J connectivity index is 1.64. The van der Waals surface area contributed by atoms with Crippen molar-refractivity contribution in [3.05, 3.63) is 47.6 Å². The zero-order chi connectivity index (χ0) is 23.8.